The third kappa shape index (κ3) is 2.53. The van der Waals surface area contributed by atoms with Crippen molar-refractivity contribution in [2.45, 2.75) is 13.0 Å². The number of rotatable bonds is 4. The van der Waals surface area contributed by atoms with Gasteiger partial charge in [0.05, 0.1) is 13.2 Å². The maximum atomic E-state index is 9.18. The number of aliphatic hydroxyl groups is 1. The lowest BCUT2D eigenvalue weighted by Gasteiger charge is -2.08. The standard InChI is InChI=1S/C15H14ClN3O/c16-12-4-1-3-11(9-12)10-19-14(6-8-20)18-13-5-2-7-17-15(13)19/h1-5,7,9,20H,6,8,10H2. The van der Waals surface area contributed by atoms with E-state index >= 15 is 0 Å². The highest BCUT2D eigenvalue weighted by Crippen LogP contribution is 2.18. The SMILES string of the molecule is OCCc1nc2cccnc2n1Cc1cccc(Cl)c1. The van der Waals surface area contributed by atoms with Gasteiger partial charge in [-0.15, -0.1) is 0 Å². The molecular weight excluding hydrogens is 274 g/mol. The Balaban J connectivity index is 2.06. The van der Waals surface area contributed by atoms with E-state index in [4.69, 9.17) is 11.6 Å². The minimum Gasteiger partial charge on any atom is -0.396 e. The van der Waals surface area contributed by atoms with Crippen molar-refractivity contribution in [1.29, 1.82) is 0 Å². The first-order chi connectivity index (χ1) is 9.78. The third-order valence-electron chi connectivity index (χ3n) is 3.15. The summed E-state index contributed by atoms with van der Waals surface area (Å²) in [6, 6.07) is 11.5. The first kappa shape index (κ1) is 13.1. The van der Waals surface area contributed by atoms with Crippen LogP contribution in [-0.2, 0) is 13.0 Å². The predicted octanol–water partition coefficient (Wildman–Crippen LogP) is 2.67. The lowest BCUT2D eigenvalue weighted by atomic mass is 10.2. The molecule has 0 aliphatic carbocycles. The minimum absolute atomic E-state index is 0.0683. The molecule has 0 fully saturated rings. The summed E-state index contributed by atoms with van der Waals surface area (Å²) in [4.78, 5) is 8.92. The van der Waals surface area contributed by atoms with Crippen LogP contribution < -0.4 is 0 Å². The molecule has 0 bridgehead atoms. The summed E-state index contributed by atoms with van der Waals surface area (Å²) in [5.74, 6) is 0.834. The average molecular weight is 288 g/mol. The second-order valence-electron chi connectivity index (χ2n) is 4.56. The number of aliphatic hydroxyl groups excluding tert-OH is 1. The van der Waals surface area contributed by atoms with Gasteiger partial charge in [0.25, 0.3) is 0 Å². The van der Waals surface area contributed by atoms with Crippen molar-refractivity contribution in [3.8, 4) is 0 Å². The van der Waals surface area contributed by atoms with Crippen LogP contribution in [0.1, 0.15) is 11.4 Å². The van der Waals surface area contributed by atoms with Crippen molar-refractivity contribution in [3.63, 3.8) is 0 Å². The normalized spacial score (nSPS) is 11.1. The zero-order valence-electron chi connectivity index (χ0n) is 10.8. The Morgan fingerprint density at radius 1 is 1.20 bits per heavy atom. The number of hydrogen-bond donors (Lipinski definition) is 1. The molecule has 3 aromatic rings. The molecule has 0 atom stereocenters. The lowest BCUT2D eigenvalue weighted by molar-refractivity contribution is 0.295. The average Bonchev–Trinajstić information content (AvgIpc) is 2.78. The molecule has 1 aromatic carbocycles. The van der Waals surface area contributed by atoms with E-state index in [0.717, 1.165) is 22.6 Å². The van der Waals surface area contributed by atoms with Gasteiger partial charge < -0.3 is 9.67 Å². The topological polar surface area (TPSA) is 50.9 Å². The maximum Gasteiger partial charge on any atom is 0.160 e. The van der Waals surface area contributed by atoms with E-state index in [1.807, 2.05) is 41.0 Å². The van der Waals surface area contributed by atoms with Gasteiger partial charge in [-0.05, 0) is 29.8 Å². The molecule has 5 heteroatoms. The van der Waals surface area contributed by atoms with Gasteiger partial charge in [-0.2, -0.15) is 0 Å². The number of hydrogen-bond acceptors (Lipinski definition) is 3. The van der Waals surface area contributed by atoms with Crippen molar-refractivity contribution in [1.82, 2.24) is 14.5 Å². The van der Waals surface area contributed by atoms with Crippen LogP contribution in [0.25, 0.3) is 11.2 Å². The molecule has 0 unspecified atom stereocenters. The van der Waals surface area contributed by atoms with Gasteiger partial charge in [-0.1, -0.05) is 23.7 Å². The third-order valence-corrected chi connectivity index (χ3v) is 3.38. The van der Waals surface area contributed by atoms with Crippen LogP contribution in [0.4, 0.5) is 0 Å². The fraction of sp³-hybridized carbons (Fsp3) is 0.200. The quantitative estimate of drug-likeness (QED) is 0.803. The van der Waals surface area contributed by atoms with Gasteiger partial charge in [0, 0.05) is 17.6 Å². The first-order valence-electron chi connectivity index (χ1n) is 6.43. The Hall–Kier alpha value is -1.91. The van der Waals surface area contributed by atoms with Gasteiger partial charge in [0.15, 0.2) is 5.65 Å². The molecule has 3 rings (SSSR count). The zero-order chi connectivity index (χ0) is 13.9. The molecule has 20 heavy (non-hydrogen) atoms. The van der Waals surface area contributed by atoms with Gasteiger partial charge in [0.2, 0.25) is 0 Å². The van der Waals surface area contributed by atoms with E-state index in [0.29, 0.717) is 18.0 Å². The number of benzene rings is 1. The Morgan fingerprint density at radius 3 is 2.90 bits per heavy atom. The van der Waals surface area contributed by atoms with Crippen LogP contribution in [0, 0.1) is 0 Å². The predicted molar refractivity (Wildman–Crippen MR) is 78.9 cm³/mol. The van der Waals surface area contributed by atoms with Crippen molar-refractivity contribution in [3.05, 3.63) is 59.0 Å². The number of fused-ring (bicyclic) bond motifs is 1. The second kappa shape index (κ2) is 5.61. The van der Waals surface area contributed by atoms with Crippen LogP contribution in [0.15, 0.2) is 42.6 Å². The minimum atomic E-state index is 0.0683. The summed E-state index contributed by atoms with van der Waals surface area (Å²) in [7, 11) is 0. The van der Waals surface area contributed by atoms with E-state index in [2.05, 4.69) is 9.97 Å². The lowest BCUT2D eigenvalue weighted by Crippen LogP contribution is -2.07. The zero-order valence-corrected chi connectivity index (χ0v) is 11.6. The van der Waals surface area contributed by atoms with E-state index in [1.165, 1.54) is 0 Å². The molecular formula is C15H14ClN3O. The summed E-state index contributed by atoms with van der Waals surface area (Å²) in [6.07, 6.45) is 2.26. The molecule has 0 aliphatic rings. The highest BCUT2D eigenvalue weighted by Gasteiger charge is 2.11. The number of nitrogens with zero attached hydrogens (tertiary/aromatic N) is 3. The summed E-state index contributed by atoms with van der Waals surface area (Å²) in [6.45, 7) is 0.711. The summed E-state index contributed by atoms with van der Waals surface area (Å²) in [5, 5.41) is 9.90. The van der Waals surface area contributed by atoms with Crippen LogP contribution in [0.3, 0.4) is 0 Å². The summed E-state index contributed by atoms with van der Waals surface area (Å²) in [5.41, 5.74) is 2.76. The molecule has 2 aromatic heterocycles. The highest BCUT2D eigenvalue weighted by atomic mass is 35.5. The molecule has 2 heterocycles. The molecule has 0 saturated heterocycles. The van der Waals surface area contributed by atoms with Crippen molar-refractivity contribution >= 4 is 22.8 Å². The van der Waals surface area contributed by atoms with E-state index < -0.39 is 0 Å². The molecule has 4 nitrogen and oxygen atoms in total. The van der Waals surface area contributed by atoms with Gasteiger partial charge in [0.1, 0.15) is 11.3 Å². The van der Waals surface area contributed by atoms with E-state index in [1.54, 1.807) is 6.20 Å². The van der Waals surface area contributed by atoms with Gasteiger partial charge >= 0.3 is 0 Å². The second-order valence-corrected chi connectivity index (χ2v) is 5.00. The molecule has 1 N–H and O–H groups in total. The fourth-order valence-electron chi connectivity index (χ4n) is 2.28. The van der Waals surface area contributed by atoms with Crippen LogP contribution in [0.2, 0.25) is 5.02 Å². The molecule has 0 amide bonds. The number of imidazole rings is 1. The fourth-order valence-corrected chi connectivity index (χ4v) is 2.49. The maximum absolute atomic E-state index is 9.18. The largest absolute Gasteiger partial charge is 0.396 e. The van der Waals surface area contributed by atoms with Crippen LogP contribution in [-0.4, -0.2) is 26.2 Å². The monoisotopic (exact) mass is 287 g/mol. The van der Waals surface area contributed by atoms with Crippen molar-refractivity contribution in [2.75, 3.05) is 6.61 Å². The molecule has 102 valence electrons. The molecule has 0 aliphatic heterocycles. The van der Waals surface area contributed by atoms with Gasteiger partial charge in [-0.3, -0.25) is 0 Å². The van der Waals surface area contributed by atoms with Crippen LogP contribution in [0.5, 0.6) is 0 Å². The number of halogens is 1. The van der Waals surface area contributed by atoms with Gasteiger partial charge in [-0.25, -0.2) is 9.97 Å². The highest BCUT2D eigenvalue weighted by molar-refractivity contribution is 6.30. The smallest absolute Gasteiger partial charge is 0.160 e. The Bertz CT molecular complexity index is 739. The molecule has 0 saturated carbocycles. The van der Waals surface area contributed by atoms with Crippen molar-refractivity contribution in [2.24, 2.45) is 0 Å². The number of aromatic nitrogens is 3. The Morgan fingerprint density at radius 2 is 2.10 bits per heavy atom. The molecule has 0 radical (unpaired) electrons. The Labute approximate surface area is 121 Å². The van der Waals surface area contributed by atoms with Crippen molar-refractivity contribution < 1.29 is 5.11 Å². The molecule has 0 spiro atoms. The summed E-state index contributed by atoms with van der Waals surface area (Å²) < 4.78 is 2.03. The number of pyridine rings is 1. The summed E-state index contributed by atoms with van der Waals surface area (Å²) >= 11 is 6.02. The Kier molecular flexibility index (Phi) is 3.67. The van der Waals surface area contributed by atoms with E-state index in [9.17, 15) is 5.11 Å². The first-order valence-corrected chi connectivity index (χ1v) is 6.81. The van der Waals surface area contributed by atoms with Crippen LogP contribution >= 0.6 is 11.6 Å². The van der Waals surface area contributed by atoms with E-state index in [-0.39, 0.29) is 6.61 Å².